The molecule has 0 aliphatic heterocycles. The smallest absolute Gasteiger partial charge is 0.306 e. The molecule has 5 nitrogen and oxygen atoms in total. The minimum absolute atomic E-state index is 0.107. The lowest BCUT2D eigenvalue weighted by molar-refractivity contribution is -0.139. The van der Waals surface area contributed by atoms with E-state index in [0.717, 1.165) is 0 Å². The van der Waals surface area contributed by atoms with E-state index in [0.29, 0.717) is 33.2 Å². The van der Waals surface area contributed by atoms with Gasteiger partial charge >= 0.3 is 11.9 Å². The third kappa shape index (κ3) is 6.66. The summed E-state index contributed by atoms with van der Waals surface area (Å²) in [6, 6.07) is 0. The van der Waals surface area contributed by atoms with E-state index in [9.17, 15) is 9.59 Å². The highest BCUT2D eigenvalue weighted by Gasteiger charge is 2.49. The van der Waals surface area contributed by atoms with Crippen molar-refractivity contribution in [3.05, 3.63) is 0 Å². The van der Waals surface area contributed by atoms with Crippen molar-refractivity contribution in [3.8, 4) is 0 Å². The third-order valence-electron chi connectivity index (χ3n) is 6.79. The monoisotopic (exact) mass is 459 g/mol. The van der Waals surface area contributed by atoms with Crippen LogP contribution in [0.1, 0.15) is 83.1 Å². The van der Waals surface area contributed by atoms with Crippen LogP contribution in [0, 0.1) is 0 Å². The Bertz CT molecular complexity index is 468. The van der Waals surface area contributed by atoms with Gasteiger partial charge in [-0.3, -0.25) is 14.5 Å². The molecule has 0 spiro atoms. The molecule has 0 aromatic carbocycles. The molecule has 0 rings (SSSR count). The summed E-state index contributed by atoms with van der Waals surface area (Å²) in [6.45, 7) is 26.1. The topological polar surface area (TPSA) is 55.8 Å². The fraction of sp³-hybridized carbons (Fsp3) is 0.913. The molecule has 0 fully saturated rings. The number of likely N-dealkylation sites (N-methyl/N-ethyl adjacent to an activating group) is 1. The van der Waals surface area contributed by atoms with E-state index < -0.39 is 16.6 Å². The number of carbonyl (C=O) groups excluding carboxylic acids is 2. The Balaban J connectivity index is 5.22. The minimum atomic E-state index is -2.27. The van der Waals surface area contributed by atoms with E-state index in [2.05, 4.69) is 83.1 Å². The van der Waals surface area contributed by atoms with E-state index in [4.69, 9.17) is 8.85 Å². The minimum Gasteiger partial charge on any atom is -0.517 e. The van der Waals surface area contributed by atoms with Crippen molar-refractivity contribution in [2.24, 2.45) is 0 Å². The first kappa shape index (κ1) is 29.3. The second-order valence-corrected chi connectivity index (χ2v) is 21.5. The lowest BCUT2D eigenvalue weighted by Gasteiger charge is -2.42. The van der Waals surface area contributed by atoms with Crippen LogP contribution in [0.2, 0.25) is 33.2 Å². The molecule has 30 heavy (non-hydrogen) atoms. The van der Waals surface area contributed by atoms with Gasteiger partial charge in [0.2, 0.25) is 0 Å². The van der Waals surface area contributed by atoms with Crippen LogP contribution in [-0.4, -0.2) is 53.6 Å². The second-order valence-electron chi connectivity index (χ2n) is 10.8. The molecule has 0 bridgehead atoms. The molecule has 0 aromatic heterocycles. The number of rotatable bonds is 12. The Morgan fingerprint density at radius 3 is 0.933 bits per heavy atom. The van der Waals surface area contributed by atoms with E-state index in [1.54, 1.807) is 11.9 Å². The first-order valence-corrected chi connectivity index (χ1v) is 16.0. The van der Waals surface area contributed by atoms with Gasteiger partial charge < -0.3 is 8.85 Å². The predicted molar refractivity (Wildman–Crippen MR) is 132 cm³/mol. The molecule has 0 saturated carbocycles. The summed E-state index contributed by atoms with van der Waals surface area (Å²) < 4.78 is 12.4. The van der Waals surface area contributed by atoms with E-state index in [-0.39, 0.29) is 25.0 Å². The number of nitrogens with zero attached hydrogens (tertiary/aromatic N) is 1. The van der Waals surface area contributed by atoms with Gasteiger partial charge in [0.1, 0.15) is 0 Å². The molecule has 0 aliphatic carbocycles. The van der Waals surface area contributed by atoms with Gasteiger partial charge in [-0.05, 0) is 40.3 Å². The Morgan fingerprint density at radius 2 is 0.767 bits per heavy atom. The lowest BCUT2D eigenvalue weighted by atomic mass is 10.5. The summed E-state index contributed by atoms with van der Waals surface area (Å²) in [6.07, 6.45) is 0. The van der Waals surface area contributed by atoms with Gasteiger partial charge in [-0.25, -0.2) is 0 Å². The van der Waals surface area contributed by atoms with Gasteiger partial charge in [0.25, 0.3) is 16.6 Å². The summed E-state index contributed by atoms with van der Waals surface area (Å²) in [5.41, 5.74) is 2.04. The van der Waals surface area contributed by atoms with Crippen molar-refractivity contribution < 1.29 is 18.4 Å². The first-order valence-electron chi connectivity index (χ1n) is 11.7. The summed E-state index contributed by atoms with van der Waals surface area (Å²) in [4.78, 5) is 27.3. The van der Waals surface area contributed by atoms with Crippen LogP contribution in [0.3, 0.4) is 0 Å². The van der Waals surface area contributed by atoms with Gasteiger partial charge in [0.15, 0.2) is 0 Å². The quantitative estimate of drug-likeness (QED) is 0.318. The number of hydrogen-bond donors (Lipinski definition) is 0. The van der Waals surface area contributed by atoms with Gasteiger partial charge in [-0.15, -0.1) is 0 Å². The molecular weight excluding hydrogens is 410 g/mol. The molecule has 0 radical (unpaired) electrons. The molecule has 0 aromatic rings. The molecule has 0 N–H and O–H groups in total. The van der Waals surface area contributed by atoms with Crippen molar-refractivity contribution in [2.75, 3.05) is 20.1 Å². The van der Waals surface area contributed by atoms with Gasteiger partial charge in [0, 0.05) is 0 Å². The van der Waals surface area contributed by atoms with E-state index >= 15 is 0 Å². The molecule has 0 heterocycles. The van der Waals surface area contributed by atoms with Crippen molar-refractivity contribution >= 4 is 28.6 Å². The first-order chi connectivity index (χ1) is 13.5. The summed E-state index contributed by atoms with van der Waals surface area (Å²) >= 11 is 0. The predicted octanol–water partition coefficient (Wildman–Crippen LogP) is 6.36. The van der Waals surface area contributed by atoms with Crippen LogP contribution >= 0.6 is 0 Å². The normalized spacial score (nSPS) is 13.5. The maximum Gasteiger partial charge on any atom is 0.306 e. The largest absolute Gasteiger partial charge is 0.517 e. The number of hydrogen-bond acceptors (Lipinski definition) is 5. The Morgan fingerprint density at radius 1 is 0.567 bits per heavy atom. The Hall–Kier alpha value is -0.666. The van der Waals surface area contributed by atoms with Gasteiger partial charge in [0.05, 0.1) is 13.1 Å². The van der Waals surface area contributed by atoms with Crippen LogP contribution in [-0.2, 0) is 18.4 Å². The molecule has 0 unspecified atom stereocenters. The maximum atomic E-state index is 12.8. The average Bonchev–Trinajstić information content (AvgIpc) is 2.55. The molecule has 7 heteroatoms. The van der Waals surface area contributed by atoms with Crippen LogP contribution in [0.15, 0.2) is 0 Å². The molecule has 178 valence electrons. The molecule has 0 saturated heterocycles. The lowest BCUT2D eigenvalue weighted by Crippen LogP contribution is -2.52. The van der Waals surface area contributed by atoms with Crippen molar-refractivity contribution in [2.45, 2.75) is 116 Å². The molecule has 0 amide bonds. The summed E-state index contributed by atoms with van der Waals surface area (Å²) in [5, 5.41) is 0. The highest BCUT2D eigenvalue weighted by atomic mass is 28.4. The Labute approximate surface area is 188 Å². The van der Waals surface area contributed by atoms with Crippen molar-refractivity contribution in [3.63, 3.8) is 0 Å². The van der Waals surface area contributed by atoms with Crippen LogP contribution < -0.4 is 0 Å². The zero-order valence-electron chi connectivity index (χ0n) is 22.0. The van der Waals surface area contributed by atoms with Crippen LogP contribution in [0.4, 0.5) is 0 Å². The maximum absolute atomic E-state index is 12.8. The highest BCUT2D eigenvalue weighted by molar-refractivity contribution is 6.79. The van der Waals surface area contributed by atoms with Crippen molar-refractivity contribution in [1.82, 2.24) is 4.90 Å². The van der Waals surface area contributed by atoms with Crippen LogP contribution in [0.5, 0.6) is 0 Å². The summed E-state index contributed by atoms with van der Waals surface area (Å²) in [7, 11) is -2.74. The number of carbonyl (C=O) groups is 2. The fourth-order valence-corrected chi connectivity index (χ4v) is 16.0. The second kappa shape index (κ2) is 11.8. The van der Waals surface area contributed by atoms with Crippen molar-refractivity contribution in [1.29, 1.82) is 0 Å². The van der Waals surface area contributed by atoms with Gasteiger partial charge in [-0.1, -0.05) is 83.1 Å². The average molecular weight is 460 g/mol. The molecule has 0 atom stereocenters. The molecular formula is C23H49NO4Si2. The standard InChI is InChI=1S/C23H49NO4Si2/c1-16(2)29(17(3)4,18(5)6)27-22(25)14-24(13)15-23(26)28-30(19(7)8,20(9)10)21(11)12/h16-21H,14-15H2,1-13H3. The third-order valence-corrected chi connectivity index (χ3v) is 18.8. The van der Waals surface area contributed by atoms with E-state index in [1.165, 1.54) is 0 Å². The zero-order valence-corrected chi connectivity index (χ0v) is 24.0. The Kier molecular flexibility index (Phi) is 11.5. The SMILES string of the molecule is CC(C)[Si](OC(=O)CN(C)CC(=O)O[Si](C(C)C)(C(C)C)C(C)C)(C(C)C)C(C)C. The van der Waals surface area contributed by atoms with E-state index in [1.807, 2.05) is 0 Å². The van der Waals surface area contributed by atoms with Crippen LogP contribution in [0.25, 0.3) is 0 Å². The summed E-state index contributed by atoms with van der Waals surface area (Å²) in [5.74, 6) is -0.457. The molecule has 0 aliphatic rings. The van der Waals surface area contributed by atoms with Gasteiger partial charge in [-0.2, -0.15) is 0 Å². The fourth-order valence-electron chi connectivity index (χ4n) is 5.66. The highest BCUT2D eigenvalue weighted by Crippen LogP contribution is 2.43. The zero-order chi connectivity index (χ0) is 24.0.